The minimum atomic E-state index is 0.681. The van der Waals surface area contributed by atoms with Gasteiger partial charge in [-0.2, -0.15) is 0 Å². The number of hydrogen-bond acceptors (Lipinski definition) is 3. The molecule has 0 aromatic carbocycles. The summed E-state index contributed by atoms with van der Waals surface area (Å²) in [5, 5.41) is 6.85. The van der Waals surface area contributed by atoms with Gasteiger partial charge in [-0.15, -0.1) is 0 Å². The molecule has 0 aromatic heterocycles. The normalized spacial score (nSPS) is 25.8. The SMILES string of the molecule is CNCC(C)CN1CCNC(C(C)C)C1. The fourth-order valence-corrected chi connectivity index (χ4v) is 2.31. The zero-order valence-electron chi connectivity index (χ0n) is 10.7. The van der Waals surface area contributed by atoms with E-state index >= 15 is 0 Å². The van der Waals surface area contributed by atoms with E-state index in [-0.39, 0.29) is 0 Å². The number of hydrogen-bond donors (Lipinski definition) is 2. The summed E-state index contributed by atoms with van der Waals surface area (Å²) < 4.78 is 0. The molecule has 0 radical (unpaired) electrons. The average Bonchev–Trinajstić information content (AvgIpc) is 2.18. The zero-order chi connectivity index (χ0) is 11.3. The van der Waals surface area contributed by atoms with Crippen molar-refractivity contribution in [3.05, 3.63) is 0 Å². The van der Waals surface area contributed by atoms with Crippen LogP contribution >= 0.6 is 0 Å². The van der Waals surface area contributed by atoms with Gasteiger partial charge >= 0.3 is 0 Å². The van der Waals surface area contributed by atoms with E-state index in [1.54, 1.807) is 0 Å². The summed E-state index contributed by atoms with van der Waals surface area (Å²) in [5.41, 5.74) is 0. The Kier molecular flexibility index (Phi) is 5.58. The van der Waals surface area contributed by atoms with Gasteiger partial charge in [0.05, 0.1) is 0 Å². The van der Waals surface area contributed by atoms with E-state index in [2.05, 4.69) is 36.3 Å². The highest BCUT2D eigenvalue weighted by molar-refractivity contribution is 4.81. The molecule has 90 valence electrons. The lowest BCUT2D eigenvalue weighted by molar-refractivity contribution is 0.156. The molecule has 0 spiro atoms. The van der Waals surface area contributed by atoms with Crippen molar-refractivity contribution >= 4 is 0 Å². The molecule has 2 unspecified atom stereocenters. The standard InChI is InChI=1S/C12H27N3/c1-10(2)12-9-15(6-5-14-12)8-11(3)7-13-4/h10-14H,5-9H2,1-4H3. The van der Waals surface area contributed by atoms with Crippen molar-refractivity contribution in [1.82, 2.24) is 15.5 Å². The van der Waals surface area contributed by atoms with Crippen molar-refractivity contribution in [2.75, 3.05) is 39.8 Å². The van der Waals surface area contributed by atoms with Crippen LogP contribution in [0.5, 0.6) is 0 Å². The van der Waals surface area contributed by atoms with Crippen LogP contribution in [0.25, 0.3) is 0 Å². The molecular formula is C12H27N3. The first-order chi connectivity index (χ1) is 7.13. The Bertz CT molecular complexity index is 170. The lowest BCUT2D eigenvalue weighted by Gasteiger charge is -2.37. The van der Waals surface area contributed by atoms with E-state index in [1.165, 1.54) is 19.6 Å². The van der Waals surface area contributed by atoms with Gasteiger partial charge in [0.2, 0.25) is 0 Å². The third kappa shape index (κ3) is 4.49. The second-order valence-corrected chi connectivity index (χ2v) is 5.23. The lowest BCUT2D eigenvalue weighted by atomic mass is 10.0. The minimum absolute atomic E-state index is 0.681. The summed E-state index contributed by atoms with van der Waals surface area (Å²) in [4.78, 5) is 2.60. The van der Waals surface area contributed by atoms with Crippen LogP contribution < -0.4 is 10.6 Å². The van der Waals surface area contributed by atoms with Crippen molar-refractivity contribution in [3.8, 4) is 0 Å². The quantitative estimate of drug-likeness (QED) is 0.706. The predicted octanol–water partition coefficient (Wildman–Crippen LogP) is 0.772. The Morgan fingerprint density at radius 3 is 2.73 bits per heavy atom. The van der Waals surface area contributed by atoms with Crippen molar-refractivity contribution in [3.63, 3.8) is 0 Å². The first-order valence-corrected chi connectivity index (χ1v) is 6.23. The van der Waals surface area contributed by atoms with Crippen LogP contribution in [0, 0.1) is 11.8 Å². The third-order valence-corrected chi connectivity index (χ3v) is 3.22. The first kappa shape index (κ1) is 12.9. The summed E-state index contributed by atoms with van der Waals surface area (Å²) in [7, 11) is 2.03. The monoisotopic (exact) mass is 213 g/mol. The molecule has 0 amide bonds. The Morgan fingerprint density at radius 2 is 2.13 bits per heavy atom. The van der Waals surface area contributed by atoms with E-state index in [0.29, 0.717) is 6.04 Å². The van der Waals surface area contributed by atoms with Gasteiger partial charge in [0.1, 0.15) is 0 Å². The predicted molar refractivity (Wildman–Crippen MR) is 66.2 cm³/mol. The second-order valence-electron chi connectivity index (χ2n) is 5.23. The van der Waals surface area contributed by atoms with Crippen LogP contribution in [0.1, 0.15) is 20.8 Å². The van der Waals surface area contributed by atoms with Crippen molar-refractivity contribution < 1.29 is 0 Å². The van der Waals surface area contributed by atoms with Gasteiger partial charge in [0, 0.05) is 32.2 Å². The second kappa shape index (κ2) is 6.46. The molecule has 0 aliphatic carbocycles. The molecule has 3 heteroatoms. The lowest BCUT2D eigenvalue weighted by Crippen LogP contribution is -2.53. The van der Waals surface area contributed by atoms with Gasteiger partial charge in [-0.05, 0) is 25.4 Å². The summed E-state index contributed by atoms with van der Waals surface area (Å²) in [5.74, 6) is 1.49. The molecule has 1 saturated heterocycles. The molecule has 3 nitrogen and oxygen atoms in total. The zero-order valence-corrected chi connectivity index (χ0v) is 10.7. The molecule has 1 aliphatic heterocycles. The summed E-state index contributed by atoms with van der Waals surface area (Å²) in [6.07, 6.45) is 0. The van der Waals surface area contributed by atoms with Crippen LogP contribution in [0.3, 0.4) is 0 Å². The molecule has 1 aliphatic rings. The minimum Gasteiger partial charge on any atom is -0.319 e. The van der Waals surface area contributed by atoms with Crippen molar-refractivity contribution in [2.24, 2.45) is 11.8 Å². The Morgan fingerprint density at radius 1 is 1.40 bits per heavy atom. The maximum Gasteiger partial charge on any atom is 0.0218 e. The van der Waals surface area contributed by atoms with Gasteiger partial charge in [-0.3, -0.25) is 0 Å². The highest BCUT2D eigenvalue weighted by atomic mass is 15.2. The van der Waals surface area contributed by atoms with Crippen molar-refractivity contribution in [1.29, 1.82) is 0 Å². The van der Waals surface area contributed by atoms with E-state index in [0.717, 1.165) is 24.9 Å². The van der Waals surface area contributed by atoms with Crippen LogP contribution in [0.2, 0.25) is 0 Å². The fourth-order valence-electron chi connectivity index (χ4n) is 2.31. The Labute approximate surface area is 94.6 Å². The molecule has 1 rings (SSSR count). The van der Waals surface area contributed by atoms with E-state index < -0.39 is 0 Å². The smallest absolute Gasteiger partial charge is 0.0218 e. The highest BCUT2D eigenvalue weighted by Gasteiger charge is 2.22. The van der Waals surface area contributed by atoms with Crippen molar-refractivity contribution in [2.45, 2.75) is 26.8 Å². The topological polar surface area (TPSA) is 27.3 Å². The summed E-state index contributed by atoms with van der Waals surface area (Å²) in [6, 6.07) is 0.681. The van der Waals surface area contributed by atoms with E-state index in [4.69, 9.17) is 0 Å². The number of rotatable bonds is 5. The van der Waals surface area contributed by atoms with Gasteiger partial charge in [-0.25, -0.2) is 0 Å². The van der Waals surface area contributed by atoms with E-state index in [1.807, 2.05) is 7.05 Å². The Hall–Kier alpha value is -0.120. The largest absolute Gasteiger partial charge is 0.319 e. The molecule has 1 fully saturated rings. The Balaban J connectivity index is 2.29. The number of piperazine rings is 1. The van der Waals surface area contributed by atoms with Gasteiger partial charge in [-0.1, -0.05) is 20.8 Å². The number of nitrogens with one attached hydrogen (secondary N) is 2. The highest BCUT2D eigenvalue weighted by Crippen LogP contribution is 2.09. The van der Waals surface area contributed by atoms with Crippen LogP contribution in [-0.2, 0) is 0 Å². The van der Waals surface area contributed by atoms with E-state index in [9.17, 15) is 0 Å². The van der Waals surface area contributed by atoms with Crippen LogP contribution in [-0.4, -0.2) is 50.7 Å². The van der Waals surface area contributed by atoms with Gasteiger partial charge < -0.3 is 15.5 Å². The maximum absolute atomic E-state index is 3.60. The van der Waals surface area contributed by atoms with Crippen LogP contribution in [0.15, 0.2) is 0 Å². The fraction of sp³-hybridized carbons (Fsp3) is 1.00. The molecule has 15 heavy (non-hydrogen) atoms. The third-order valence-electron chi connectivity index (χ3n) is 3.22. The molecular weight excluding hydrogens is 186 g/mol. The van der Waals surface area contributed by atoms with Gasteiger partial charge in [0.25, 0.3) is 0 Å². The van der Waals surface area contributed by atoms with Gasteiger partial charge in [0.15, 0.2) is 0 Å². The number of nitrogens with zero attached hydrogens (tertiary/aromatic N) is 1. The molecule has 0 saturated carbocycles. The summed E-state index contributed by atoms with van der Waals surface area (Å²) >= 11 is 0. The first-order valence-electron chi connectivity index (χ1n) is 6.23. The van der Waals surface area contributed by atoms with Crippen LogP contribution in [0.4, 0.5) is 0 Å². The average molecular weight is 213 g/mol. The maximum atomic E-state index is 3.60. The molecule has 0 aromatic rings. The molecule has 0 bridgehead atoms. The molecule has 2 atom stereocenters. The summed E-state index contributed by atoms with van der Waals surface area (Å²) in [6.45, 7) is 12.8. The molecule has 1 heterocycles. The molecule has 2 N–H and O–H groups in total.